The highest BCUT2D eigenvalue weighted by Gasteiger charge is 2.13. The second kappa shape index (κ2) is 7.73. The molecule has 122 valence electrons. The van der Waals surface area contributed by atoms with E-state index >= 15 is 0 Å². The van der Waals surface area contributed by atoms with E-state index in [-0.39, 0.29) is 17.2 Å². The number of ketones is 1. The molecule has 2 aromatic carbocycles. The van der Waals surface area contributed by atoms with Crippen molar-refractivity contribution in [2.45, 2.75) is 24.7 Å². The first-order valence-electron chi connectivity index (χ1n) is 7.30. The topological polar surface area (TPSA) is 63.2 Å². The van der Waals surface area contributed by atoms with Crippen LogP contribution in [0.3, 0.4) is 0 Å². The maximum atomic E-state index is 12.1. The Labute approximate surface area is 141 Å². The lowest BCUT2D eigenvalue weighted by Gasteiger charge is -2.07. The van der Waals surface area contributed by atoms with Crippen molar-refractivity contribution < 1.29 is 13.2 Å². The zero-order chi connectivity index (χ0) is 16.9. The normalized spacial score (nSPS) is 11.4. The summed E-state index contributed by atoms with van der Waals surface area (Å²) in [5.41, 5.74) is 1.64. The minimum Gasteiger partial charge on any atom is -0.294 e. The number of Topliss-reactive ketones (excluding diaryl/α,β-unsaturated/α-hetero) is 1. The van der Waals surface area contributed by atoms with Crippen molar-refractivity contribution in [3.8, 4) is 0 Å². The number of hydrogen-bond donors (Lipinski definition) is 1. The van der Waals surface area contributed by atoms with Crippen molar-refractivity contribution in [1.82, 2.24) is 4.72 Å². The van der Waals surface area contributed by atoms with E-state index in [4.69, 9.17) is 11.6 Å². The predicted molar refractivity (Wildman–Crippen MR) is 91.4 cm³/mol. The van der Waals surface area contributed by atoms with Gasteiger partial charge in [-0.15, -0.1) is 0 Å². The van der Waals surface area contributed by atoms with Crippen molar-refractivity contribution in [2.75, 3.05) is 6.54 Å². The third kappa shape index (κ3) is 4.89. The van der Waals surface area contributed by atoms with Gasteiger partial charge >= 0.3 is 0 Å². The highest BCUT2D eigenvalue weighted by atomic mass is 35.5. The largest absolute Gasteiger partial charge is 0.294 e. The van der Waals surface area contributed by atoms with E-state index in [0.717, 1.165) is 5.56 Å². The zero-order valence-electron chi connectivity index (χ0n) is 12.8. The lowest BCUT2D eigenvalue weighted by Crippen LogP contribution is -2.26. The molecule has 0 bridgehead atoms. The van der Waals surface area contributed by atoms with Gasteiger partial charge in [0.1, 0.15) is 0 Å². The van der Waals surface area contributed by atoms with Crippen LogP contribution in [-0.4, -0.2) is 20.7 Å². The summed E-state index contributed by atoms with van der Waals surface area (Å²) in [6.07, 6.45) is 1.01. The smallest absolute Gasteiger partial charge is 0.240 e. The van der Waals surface area contributed by atoms with Crippen molar-refractivity contribution in [1.29, 1.82) is 0 Å². The Morgan fingerprint density at radius 2 is 1.83 bits per heavy atom. The summed E-state index contributed by atoms with van der Waals surface area (Å²) in [4.78, 5) is 11.7. The maximum Gasteiger partial charge on any atom is 0.240 e. The van der Waals surface area contributed by atoms with Gasteiger partial charge in [0, 0.05) is 23.6 Å². The van der Waals surface area contributed by atoms with Gasteiger partial charge in [0.05, 0.1) is 4.90 Å². The van der Waals surface area contributed by atoms with Gasteiger partial charge in [-0.05, 0) is 30.2 Å². The molecule has 0 heterocycles. The first-order chi connectivity index (χ1) is 10.9. The van der Waals surface area contributed by atoms with E-state index in [0.29, 0.717) is 23.4 Å². The highest BCUT2D eigenvalue weighted by molar-refractivity contribution is 7.89. The van der Waals surface area contributed by atoms with Crippen molar-refractivity contribution in [3.05, 3.63) is 64.7 Å². The van der Waals surface area contributed by atoms with Gasteiger partial charge in [-0.25, -0.2) is 13.1 Å². The van der Waals surface area contributed by atoms with E-state index in [9.17, 15) is 13.2 Å². The van der Waals surface area contributed by atoms with Gasteiger partial charge in [0.2, 0.25) is 10.0 Å². The van der Waals surface area contributed by atoms with Crippen molar-refractivity contribution in [3.63, 3.8) is 0 Å². The summed E-state index contributed by atoms with van der Waals surface area (Å²) >= 11 is 5.81. The molecule has 0 saturated heterocycles. The molecule has 0 fully saturated rings. The molecule has 0 atom stereocenters. The summed E-state index contributed by atoms with van der Waals surface area (Å²) in [6, 6.07) is 13.4. The molecule has 6 heteroatoms. The summed E-state index contributed by atoms with van der Waals surface area (Å²) in [5.74, 6) is 0.0956. The summed E-state index contributed by atoms with van der Waals surface area (Å²) in [6.45, 7) is 2.09. The van der Waals surface area contributed by atoms with Gasteiger partial charge in [-0.2, -0.15) is 0 Å². The van der Waals surface area contributed by atoms with Crippen LogP contribution in [-0.2, 0) is 16.4 Å². The lowest BCUT2D eigenvalue weighted by atomic mass is 10.1. The molecular weight excluding hydrogens is 334 g/mol. The minimum atomic E-state index is -3.57. The lowest BCUT2D eigenvalue weighted by molar-refractivity contribution is 0.0988. The van der Waals surface area contributed by atoms with Gasteiger partial charge in [0.25, 0.3) is 0 Å². The fraction of sp³-hybridized carbons (Fsp3) is 0.235. The number of nitrogens with one attached hydrogen (secondary N) is 1. The van der Waals surface area contributed by atoms with E-state index in [1.54, 1.807) is 24.3 Å². The third-order valence-electron chi connectivity index (χ3n) is 3.41. The Bertz CT molecular complexity index is 786. The van der Waals surface area contributed by atoms with Crippen LogP contribution in [0.1, 0.15) is 29.3 Å². The van der Waals surface area contributed by atoms with E-state index < -0.39 is 10.0 Å². The number of benzene rings is 2. The Kier molecular flexibility index (Phi) is 5.93. The van der Waals surface area contributed by atoms with Crippen LogP contribution >= 0.6 is 11.6 Å². The molecule has 0 aromatic heterocycles. The van der Waals surface area contributed by atoms with Gasteiger partial charge in [-0.1, -0.05) is 48.9 Å². The van der Waals surface area contributed by atoms with Crippen LogP contribution in [0.2, 0.25) is 5.02 Å². The average Bonchev–Trinajstić information content (AvgIpc) is 2.54. The second-order valence-corrected chi connectivity index (χ2v) is 7.28. The number of carbonyl (C=O) groups excluding carboxylic acids is 1. The molecule has 4 nitrogen and oxygen atoms in total. The monoisotopic (exact) mass is 351 g/mol. The van der Waals surface area contributed by atoms with Crippen LogP contribution in [0.5, 0.6) is 0 Å². The van der Waals surface area contributed by atoms with Gasteiger partial charge in [0.15, 0.2) is 5.78 Å². The van der Waals surface area contributed by atoms with Crippen LogP contribution < -0.4 is 4.72 Å². The predicted octanol–water partition coefficient (Wildman–Crippen LogP) is 3.45. The van der Waals surface area contributed by atoms with Crippen LogP contribution in [0, 0.1) is 0 Å². The summed E-state index contributed by atoms with van der Waals surface area (Å²) in [7, 11) is -3.57. The summed E-state index contributed by atoms with van der Waals surface area (Å²) in [5, 5.41) is 0.379. The number of halogens is 1. The Morgan fingerprint density at radius 1 is 1.13 bits per heavy atom. The third-order valence-corrected chi connectivity index (χ3v) is 5.10. The Balaban J connectivity index is 1.95. The molecule has 0 saturated carbocycles. The molecular formula is C17H18ClNO3S. The fourth-order valence-electron chi connectivity index (χ4n) is 2.11. The SMILES string of the molecule is CCC(=O)c1ccc(CCNS(=O)(=O)c2cccc(Cl)c2)cc1. The molecule has 0 radical (unpaired) electrons. The summed E-state index contributed by atoms with van der Waals surface area (Å²) < 4.78 is 26.8. The standard InChI is InChI=1S/C17H18ClNO3S/c1-2-17(20)14-8-6-13(7-9-14)10-11-19-23(21,22)16-5-3-4-15(18)12-16/h3-9,12,19H,2,10-11H2,1H3. The zero-order valence-corrected chi connectivity index (χ0v) is 14.3. The highest BCUT2D eigenvalue weighted by Crippen LogP contribution is 2.15. The molecule has 0 unspecified atom stereocenters. The van der Waals surface area contributed by atoms with Crippen molar-refractivity contribution in [2.24, 2.45) is 0 Å². The van der Waals surface area contributed by atoms with E-state index in [1.807, 2.05) is 19.1 Å². The molecule has 0 aliphatic heterocycles. The number of rotatable bonds is 7. The van der Waals surface area contributed by atoms with Crippen LogP contribution in [0.4, 0.5) is 0 Å². The first kappa shape index (κ1) is 17.7. The van der Waals surface area contributed by atoms with Crippen LogP contribution in [0.25, 0.3) is 0 Å². The fourth-order valence-corrected chi connectivity index (χ4v) is 3.44. The molecule has 0 aliphatic carbocycles. The molecule has 0 spiro atoms. The quantitative estimate of drug-likeness (QED) is 0.777. The molecule has 23 heavy (non-hydrogen) atoms. The molecule has 1 N–H and O–H groups in total. The van der Waals surface area contributed by atoms with Gasteiger partial charge < -0.3 is 0 Å². The Morgan fingerprint density at radius 3 is 2.43 bits per heavy atom. The van der Waals surface area contributed by atoms with Crippen LogP contribution in [0.15, 0.2) is 53.4 Å². The molecule has 0 aliphatic rings. The number of sulfonamides is 1. The van der Waals surface area contributed by atoms with Crippen molar-refractivity contribution >= 4 is 27.4 Å². The average molecular weight is 352 g/mol. The van der Waals surface area contributed by atoms with E-state index in [1.165, 1.54) is 12.1 Å². The van der Waals surface area contributed by atoms with E-state index in [2.05, 4.69) is 4.72 Å². The van der Waals surface area contributed by atoms with Gasteiger partial charge in [-0.3, -0.25) is 4.79 Å². The number of hydrogen-bond acceptors (Lipinski definition) is 3. The number of carbonyl (C=O) groups is 1. The molecule has 2 rings (SSSR count). The first-order valence-corrected chi connectivity index (χ1v) is 9.16. The molecule has 2 aromatic rings. The Hall–Kier alpha value is -1.69. The minimum absolute atomic E-state index is 0.0956. The molecule has 0 amide bonds. The maximum absolute atomic E-state index is 12.1. The second-order valence-electron chi connectivity index (χ2n) is 5.08.